The van der Waals surface area contributed by atoms with Crippen LogP contribution in [-0.2, 0) is 57.8 Å². The van der Waals surface area contributed by atoms with Crippen LogP contribution in [0.1, 0.15) is 536 Å². The van der Waals surface area contributed by atoms with Gasteiger partial charge in [0.1, 0.15) is 46.0 Å². The van der Waals surface area contributed by atoms with Crippen LogP contribution in [0.2, 0.25) is 0 Å². The van der Waals surface area contributed by atoms with Crippen molar-refractivity contribution >= 4 is 0 Å². The van der Waals surface area contributed by atoms with Crippen molar-refractivity contribution in [1.82, 2.24) is 0 Å². The van der Waals surface area contributed by atoms with Crippen molar-refractivity contribution in [3.8, 4) is 46.0 Å². The standard InChI is InChI=1S/C119H174O8/c1-16-24-32-40-48-56-88-57-96-73-98-59-89(81(9)49-41-33-25-17-2)61-100(113(98)121)75-102-63-91(83(11)51-43-35-27-19-4)65-104(115(102)123)77-106-67-93(85(13)53-45-37-29-21-6)69-108(117(106)125)79-110-71-95(87(15)55-47-39-31-23-8)72-111(119(110)127)80-109-70-94(86(14)54-46-38-30-22-7)68-107(118(109)126)78-105-66-92(84(12)52-44-36-28-20-5)64-103(116(105)124)76-101-62-90(82(10)50-42-34-26-18-3)60-99(114(101)122)74-97(58-88)112(96)120/h57-72,81-87,120-127H,16-56,73-80H2,1-15H3. The molecule has 0 saturated heterocycles. The lowest BCUT2D eigenvalue weighted by Crippen LogP contribution is -2.06. The molecule has 9 rings (SSSR count). The molecule has 8 heteroatoms. The highest BCUT2D eigenvalue weighted by atomic mass is 16.3. The summed E-state index contributed by atoms with van der Waals surface area (Å²) in [5.74, 6) is 2.29. The van der Waals surface area contributed by atoms with Crippen molar-refractivity contribution in [2.24, 2.45) is 0 Å². The second kappa shape index (κ2) is 53.5. The van der Waals surface area contributed by atoms with Gasteiger partial charge in [0.2, 0.25) is 0 Å². The van der Waals surface area contributed by atoms with E-state index in [4.69, 9.17) is 0 Å². The molecule has 0 spiro atoms. The van der Waals surface area contributed by atoms with Crippen LogP contribution in [0.25, 0.3) is 0 Å². The first-order valence-corrected chi connectivity index (χ1v) is 52.1. The summed E-state index contributed by atoms with van der Waals surface area (Å²) in [4.78, 5) is 0. The lowest BCUT2D eigenvalue weighted by atomic mass is 9.83. The third kappa shape index (κ3) is 30.4. The molecule has 0 heterocycles. The fourth-order valence-electron chi connectivity index (χ4n) is 20.5. The van der Waals surface area contributed by atoms with Crippen molar-refractivity contribution in [3.05, 3.63) is 231 Å². The number of rotatable bonds is 48. The quantitative estimate of drug-likeness (QED) is 0.0175. The zero-order valence-electron chi connectivity index (χ0n) is 82.5. The number of phenols is 8. The molecule has 7 atom stereocenters. The van der Waals surface area contributed by atoms with E-state index in [-0.39, 0.29) is 139 Å². The highest BCUT2D eigenvalue weighted by Crippen LogP contribution is 2.47. The Hall–Kier alpha value is -7.84. The Balaban J connectivity index is 1.36. The van der Waals surface area contributed by atoms with Gasteiger partial charge < -0.3 is 40.9 Å². The predicted octanol–water partition coefficient (Wildman–Crippen LogP) is 34.4. The minimum absolute atomic E-state index is 0.147. The van der Waals surface area contributed by atoms with Crippen molar-refractivity contribution in [3.63, 3.8) is 0 Å². The first-order valence-electron chi connectivity index (χ1n) is 52.1. The van der Waals surface area contributed by atoms with Crippen LogP contribution in [0.3, 0.4) is 0 Å². The van der Waals surface area contributed by atoms with Gasteiger partial charge in [-0.2, -0.15) is 0 Å². The molecule has 0 radical (unpaired) electrons. The van der Waals surface area contributed by atoms with Gasteiger partial charge in [-0.1, -0.05) is 406 Å². The molecule has 0 saturated carbocycles. The van der Waals surface area contributed by atoms with Crippen LogP contribution >= 0.6 is 0 Å². The van der Waals surface area contributed by atoms with Crippen molar-refractivity contribution in [2.45, 2.75) is 460 Å². The Labute approximate surface area is 772 Å². The Morgan fingerprint density at radius 1 is 0.165 bits per heavy atom. The molecule has 0 fully saturated rings. The average molecular weight is 1730 g/mol. The van der Waals surface area contributed by atoms with E-state index in [2.05, 4.69) is 201 Å². The smallest absolute Gasteiger partial charge is 0.122 e. The van der Waals surface area contributed by atoms with Crippen molar-refractivity contribution in [2.75, 3.05) is 0 Å². The molecule has 0 amide bonds. The van der Waals surface area contributed by atoms with E-state index in [0.717, 1.165) is 345 Å². The lowest BCUT2D eigenvalue weighted by Gasteiger charge is -2.23. The highest BCUT2D eigenvalue weighted by Gasteiger charge is 2.29. The monoisotopic (exact) mass is 1730 g/mol. The molecular formula is C119H174O8. The number of fused-ring (bicyclic) bond motifs is 16. The zero-order valence-corrected chi connectivity index (χ0v) is 82.5. The number of unbranched alkanes of at least 4 members (excludes halogenated alkanes) is 25. The van der Waals surface area contributed by atoms with Crippen LogP contribution in [0.4, 0.5) is 0 Å². The fraction of sp³-hybridized carbons (Fsp3) is 0.597. The second-order valence-corrected chi connectivity index (χ2v) is 40.4. The lowest BCUT2D eigenvalue weighted by molar-refractivity contribution is 0.451. The highest BCUT2D eigenvalue weighted by molar-refractivity contribution is 5.61. The number of hydrogen-bond acceptors (Lipinski definition) is 8. The number of aromatic hydroxyl groups is 8. The molecule has 16 bridgehead atoms. The molecule has 8 aromatic carbocycles. The first-order chi connectivity index (χ1) is 61.3. The van der Waals surface area contributed by atoms with Gasteiger partial charge in [0.15, 0.2) is 0 Å². The zero-order chi connectivity index (χ0) is 91.5. The first kappa shape index (κ1) is 103. The molecule has 698 valence electrons. The number of phenolic OH excluding ortho intramolecular Hbond substituents is 8. The average Bonchev–Trinajstić information content (AvgIpc) is 0.785. The van der Waals surface area contributed by atoms with Gasteiger partial charge in [-0.25, -0.2) is 0 Å². The van der Waals surface area contributed by atoms with Crippen molar-refractivity contribution in [1.29, 1.82) is 0 Å². The van der Waals surface area contributed by atoms with Gasteiger partial charge >= 0.3 is 0 Å². The van der Waals surface area contributed by atoms with Crippen LogP contribution in [0.5, 0.6) is 46.0 Å². The van der Waals surface area contributed by atoms with E-state index in [1.807, 2.05) is 0 Å². The Bertz CT molecular complexity index is 4330. The molecule has 1 aliphatic rings. The SMILES string of the molecule is CCCCCCCc1cc2c(O)c(c1)Cc1cc(C(C)CCCCCC)cc(c1O)Cc1cc(C(C)CCCCCC)cc(c1O)Cc1cc(C(C)CCCCCC)cc(c1O)Cc1cc(C(C)CCCCCC)cc(c1O)Cc1cc(C(C)CCCCCC)cc(c1O)Cc1cc(C(C)CCCCCC)cc(c1O)Cc1cc(C(C)CCCCCC)cc(c1O)C2. The minimum atomic E-state index is 0.147. The van der Waals surface area contributed by atoms with Gasteiger partial charge in [0, 0.05) is 51.4 Å². The molecule has 1 aliphatic carbocycles. The summed E-state index contributed by atoms with van der Waals surface area (Å²) in [6.45, 7) is 34.2. The summed E-state index contributed by atoms with van der Waals surface area (Å²) >= 11 is 0. The van der Waals surface area contributed by atoms with Gasteiger partial charge in [-0.3, -0.25) is 0 Å². The molecule has 7 unspecified atom stereocenters. The maximum absolute atomic E-state index is 13.4. The molecule has 8 N–H and O–H groups in total. The number of benzene rings is 8. The van der Waals surface area contributed by atoms with E-state index in [1.165, 1.54) is 51.4 Å². The summed E-state index contributed by atoms with van der Waals surface area (Å²) in [6.07, 6.45) is 46.8. The predicted molar refractivity (Wildman–Crippen MR) is 540 cm³/mol. The summed E-state index contributed by atoms with van der Waals surface area (Å²) in [7, 11) is 0. The summed E-state index contributed by atoms with van der Waals surface area (Å²) < 4.78 is 0. The maximum atomic E-state index is 13.4. The summed E-state index contributed by atoms with van der Waals surface area (Å²) in [6, 6.07) is 35.1. The van der Waals surface area contributed by atoms with Gasteiger partial charge in [0.25, 0.3) is 0 Å². The van der Waals surface area contributed by atoms with E-state index < -0.39 is 0 Å². The largest absolute Gasteiger partial charge is 0.507 e. The van der Waals surface area contributed by atoms with E-state index in [9.17, 15) is 40.9 Å². The molecule has 8 aromatic rings. The Morgan fingerprint density at radius 3 is 0.417 bits per heavy atom. The van der Waals surface area contributed by atoms with E-state index >= 15 is 0 Å². The third-order valence-electron chi connectivity index (χ3n) is 29.4. The molecule has 127 heavy (non-hydrogen) atoms. The second-order valence-electron chi connectivity index (χ2n) is 40.4. The van der Waals surface area contributed by atoms with Gasteiger partial charge in [-0.15, -0.1) is 0 Å². The number of hydrogen-bond donors (Lipinski definition) is 8. The van der Waals surface area contributed by atoms with Crippen molar-refractivity contribution < 1.29 is 40.9 Å². The minimum Gasteiger partial charge on any atom is -0.507 e. The molecule has 8 nitrogen and oxygen atoms in total. The molecule has 0 aliphatic heterocycles. The fourth-order valence-corrected chi connectivity index (χ4v) is 20.5. The van der Waals surface area contributed by atoms with Crippen LogP contribution in [0, 0.1) is 0 Å². The van der Waals surface area contributed by atoms with Crippen LogP contribution < -0.4 is 0 Å². The van der Waals surface area contributed by atoms with Crippen LogP contribution in [-0.4, -0.2) is 40.9 Å². The topological polar surface area (TPSA) is 162 Å². The Kier molecular flexibility index (Phi) is 43.3. The summed E-state index contributed by atoms with van der Waals surface area (Å²) in [5, 5.41) is 107. The van der Waals surface area contributed by atoms with E-state index in [0.29, 0.717) is 0 Å². The molecule has 0 aromatic heterocycles. The van der Waals surface area contributed by atoms with Gasteiger partial charge in [-0.05, 0) is 233 Å². The third-order valence-corrected chi connectivity index (χ3v) is 29.4. The Morgan fingerprint density at radius 2 is 0.283 bits per heavy atom. The van der Waals surface area contributed by atoms with Crippen LogP contribution in [0.15, 0.2) is 97.1 Å². The maximum Gasteiger partial charge on any atom is 0.122 e. The number of aryl methyl sites for hydroxylation is 1. The van der Waals surface area contributed by atoms with Gasteiger partial charge in [0.05, 0.1) is 0 Å². The summed E-state index contributed by atoms with van der Waals surface area (Å²) in [5.41, 5.74) is 20.5. The van der Waals surface area contributed by atoms with E-state index in [1.54, 1.807) is 0 Å². The normalized spacial score (nSPS) is 14.4. The molecular weight excluding hydrogens is 1560 g/mol.